The molecule has 2 nitrogen and oxygen atoms in total. The number of ether oxygens (including phenoxy) is 2. The number of benzene rings is 2. The molecule has 5 heteroatoms. The number of halogens is 3. The lowest BCUT2D eigenvalue weighted by Crippen LogP contribution is -2.15. The molecule has 0 fully saturated rings. The molecule has 0 spiro atoms. The first-order valence-corrected chi connectivity index (χ1v) is 7.85. The summed E-state index contributed by atoms with van der Waals surface area (Å²) in [5.74, 6) is 1.10. The maximum atomic E-state index is 13.2. The molecule has 0 saturated heterocycles. The van der Waals surface area contributed by atoms with Gasteiger partial charge in [-0.2, -0.15) is 0 Å². The number of aryl methyl sites for hydroxylation is 1. The van der Waals surface area contributed by atoms with Crippen LogP contribution < -0.4 is 9.47 Å². The zero-order valence-corrected chi connectivity index (χ0v) is 13.7. The van der Waals surface area contributed by atoms with Gasteiger partial charge in [0, 0.05) is 11.1 Å². The lowest BCUT2D eigenvalue weighted by molar-refractivity contribution is 0.171. The molecule has 110 valence electrons. The van der Waals surface area contributed by atoms with Gasteiger partial charge in [-0.05, 0) is 41.8 Å². The van der Waals surface area contributed by atoms with Gasteiger partial charge in [0.2, 0.25) is 0 Å². The number of alkyl halides is 1. The van der Waals surface area contributed by atoms with Gasteiger partial charge in [-0.15, -0.1) is 0 Å². The van der Waals surface area contributed by atoms with Crippen LogP contribution in [0.2, 0.25) is 5.02 Å². The van der Waals surface area contributed by atoms with E-state index < -0.39 is 0 Å². The second-order valence-electron chi connectivity index (χ2n) is 4.88. The predicted octanol–water partition coefficient (Wildman–Crippen LogP) is 5.04. The largest absolute Gasteiger partial charge is 0.486 e. The summed E-state index contributed by atoms with van der Waals surface area (Å²) in [5, 5.41) is 0.588. The summed E-state index contributed by atoms with van der Waals surface area (Å²) in [5.41, 5.74) is 2.70. The van der Waals surface area contributed by atoms with E-state index in [-0.39, 0.29) is 10.6 Å². The molecule has 21 heavy (non-hydrogen) atoms. The molecular weight excluding hydrogens is 359 g/mol. The van der Waals surface area contributed by atoms with Crippen molar-refractivity contribution >= 4 is 27.5 Å². The summed E-state index contributed by atoms with van der Waals surface area (Å²) in [6.45, 7) is 2.92. The standard InChI is InChI=1S/C16H13BrClFO2/c1-9-6-10(19)2-3-11(9)16(17)12-7-14-15(8-13(12)18)21-5-4-20-14/h2-3,6-8,16H,4-5H2,1H3. The highest BCUT2D eigenvalue weighted by atomic mass is 79.9. The molecule has 1 unspecified atom stereocenters. The number of hydrogen-bond donors (Lipinski definition) is 0. The van der Waals surface area contributed by atoms with Gasteiger partial charge >= 0.3 is 0 Å². The zero-order chi connectivity index (χ0) is 15.0. The molecule has 0 radical (unpaired) electrons. The lowest BCUT2D eigenvalue weighted by Gasteiger charge is -2.22. The van der Waals surface area contributed by atoms with Gasteiger partial charge in [0.25, 0.3) is 0 Å². The van der Waals surface area contributed by atoms with Crippen molar-refractivity contribution in [3.05, 3.63) is 57.9 Å². The average Bonchev–Trinajstić information content (AvgIpc) is 2.46. The highest BCUT2D eigenvalue weighted by molar-refractivity contribution is 9.09. The van der Waals surface area contributed by atoms with Gasteiger partial charge in [-0.3, -0.25) is 0 Å². The van der Waals surface area contributed by atoms with Gasteiger partial charge in [0.05, 0.1) is 4.83 Å². The minimum atomic E-state index is -0.246. The van der Waals surface area contributed by atoms with Gasteiger partial charge < -0.3 is 9.47 Å². The van der Waals surface area contributed by atoms with E-state index in [9.17, 15) is 4.39 Å². The highest BCUT2D eigenvalue weighted by Crippen LogP contribution is 2.43. The van der Waals surface area contributed by atoms with Crippen LogP contribution in [0.1, 0.15) is 21.5 Å². The summed E-state index contributed by atoms with van der Waals surface area (Å²) in [6, 6.07) is 8.35. The van der Waals surface area contributed by atoms with Crippen molar-refractivity contribution in [2.75, 3.05) is 13.2 Å². The molecule has 0 saturated carbocycles. The van der Waals surface area contributed by atoms with Crippen molar-refractivity contribution in [2.45, 2.75) is 11.8 Å². The van der Waals surface area contributed by atoms with Gasteiger partial charge in [-0.25, -0.2) is 4.39 Å². The molecule has 1 heterocycles. The van der Waals surface area contributed by atoms with E-state index in [4.69, 9.17) is 21.1 Å². The van der Waals surface area contributed by atoms with Crippen molar-refractivity contribution in [1.82, 2.24) is 0 Å². The molecular formula is C16H13BrClFO2. The average molecular weight is 372 g/mol. The number of hydrogen-bond acceptors (Lipinski definition) is 2. The summed E-state index contributed by atoms with van der Waals surface area (Å²) in [6.07, 6.45) is 0. The monoisotopic (exact) mass is 370 g/mol. The molecule has 0 aromatic heterocycles. The van der Waals surface area contributed by atoms with E-state index >= 15 is 0 Å². The third kappa shape index (κ3) is 2.87. The van der Waals surface area contributed by atoms with Crippen molar-refractivity contribution in [3.8, 4) is 11.5 Å². The minimum Gasteiger partial charge on any atom is -0.486 e. The first kappa shape index (κ1) is 14.7. The van der Waals surface area contributed by atoms with Crippen molar-refractivity contribution < 1.29 is 13.9 Å². The number of rotatable bonds is 2. The quantitative estimate of drug-likeness (QED) is 0.688. The Balaban J connectivity index is 2.03. The fourth-order valence-electron chi connectivity index (χ4n) is 2.36. The fourth-order valence-corrected chi connectivity index (χ4v) is 3.65. The Morgan fingerprint density at radius 2 is 1.76 bits per heavy atom. The maximum absolute atomic E-state index is 13.2. The summed E-state index contributed by atoms with van der Waals surface area (Å²) in [7, 11) is 0. The van der Waals surface area contributed by atoms with E-state index in [0.717, 1.165) is 16.7 Å². The normalized spacial score (nSPS) is 14.9. The number of fused-ring (bicyclic) bond motifs is 1. The molecule has 3 rings (SSSR count). The Kier molecular flexibility index (Phi) is 4.09. The topological polar surface area (TPSA) is 18.5 Å². The third-order valence-corrected chi connectivity index (χ3v) is 4.75. The fraction of sp³-hybridized carbons (Fsp3) is 0.250. The van der Waals surface area contributed by atoms with Crippen LogP contribution in [-0.2, 0) is 0 Å². The molecule has 0 aliphatic carbocycles. The second-order valence-corrected chi connectivity index (χ2v) is 6.20. The van der Waals surface area contributed by atoms with Gasteiger partial charge in [0.15, 0.2) is 11.5 Å². The maximum Gasteiger partial charge on any atom is 0.162 e. The molecule has 0 bridgehead atoms. The van der Waals surface area contributed by atoms with E-state index in [2.05, 4.69) is 15.9 Å². The van der Waals surface area contributed by atoms with Crippen LogP contribution in [0.3, 0.4) is 0 Å². The first-order valence-electron chi connectivity index (χ1n) is 6.55. The van der Waals surface area contributed by atoms with Crippen molar-refractivity contribution in [3.63, 3.8) is 0 Å². The van der Waals surface area contributed by atoms with Crippen LogP contribution in [0.4, 0.5) is 4.39 Å². The SMILES string of the molecule is Cc1cc(F)ccc1C(Br)c1cc2c(cc1Cl)OCCO2. The second kappa shape index (κ2) is 5.85. The Labute approximate surface area is 136 Å². The van der Waals surface area contributed by atoms with Gasteiger partial charge in [-0.1, -0.05) is 33.6 Å². The van der Waals surface area contributed by atoms with Crippen LogP contribution in [-0.4, -0.2) is 13.2 Å². The van der Waals surface area contributed by atoms with Crippen LogP contribution in [0.25, 0.3) is 0 Å². The van der Waals surface area contributed by atoms with E-state index in [1.165, 1.54) is 12.1 Å². The predicted molar refractivity (Wildman–Crippen MR) is 84.3 cm³/mol. The molecule has 1 aliphatic heterocycles. The van der Waals surface area contributed by atoms with Crippen LogP contribution in [0.15, 0.2) is 30.3 Å². The third-order valence-electron chi connectivity index (χ3n) is 3.44. The smallest absolute Gasteiger partial charge is 0.162 e. The lowest BCUT2D eigenvalue weighted by atomic mass is 10.00. The van der Waals surface area contributed by atoms with E-state index in [0.29, 0.717) is 29.7 Å². The highest BCUT2D eigenvalue weighted by Gasteiger charge is 2.21. The Bertz CT molecular complexity index is 690. The van der Waals surface area contributed by atoms with E-state index in [1.54, 1.807) is 12.1 Å². The first-order chi connectivity index (χ1) is 10.1. The Morgan fingerprint density at radius 3 is 2.43 bits per heavy atom. The van der Waals surface area contributed by atoms with Gasteiger partial charge in [0.1, 0.15) is 19.0 Å². The van der Waals surface area contributed by atoms with Crippen LogP contribution in [0.5, 0.6) is 11.5 Å². The summed E-state index contributed by atoms with van der Waals surface area (Å²) >= 11 is 9.99. The molecule has 0 N–H and O–H groups in total. The molecule has 1 aliphatic rings. The summed E-state index contributed by atoms with van der Waals surface area (Å²) < 4.78 is 24.3. The molecule has 0 amide bonds. The van der Waals surface area contributed by atoms with Crippen LogP contribution >= 0.6 is 27.5 Å². The molecule has 2 aromatic carbocycles. The van der Waals surface area contributed by atoms with Crippen molar-refractivity contribution in [1.29, 1.82) is 0 Å². The molecule has 2 aromatic rings. The van der Waals surface area contributed by atoms with Crippen molar-refractivity contribution in [2.24, 2.45) is 0 Å². The van der Waals surface area contributed by atoms with Crippen LogP contribution in [0, 0.1) is 12.7 Å². The summed E-state index contributed by atoms with van der Waals surface area (Å²) in [4.78, 5) is -0.138. The Morgan fingerprint density at radius 1 is 1.10 bits per heavy atom. The van der Waals surface area contributed by atoms with E-state index in [1.807, 2.05) is 13.0 Å². The zero-order valence-electron chi connectivity index (χ0n) is 11.3. The minimum absolute atomic E-state index is 0.138. The Hall–Kier alpha value is -1.26. The molecule has 1 atom stereocenters.